The van der Waals surface area contributed by atoms with Crippen molar-refractivity contribution in [3.05, 3.63) is 58.6 Å². The molecule has 0 spiro atoms. The van der Waals surface area contributed by atoms with Gasteiger partial charge in [0.1, 0.15) is 5.75 Å². The summed E-state index contributed by atoms with van der Waals surface area (Å²) < 4.78 is 5.30. The van der Waals surface area contributed by atoms with E-state index in [-0.39, 0.29) is 18.9 Å². The van der Waals surface area contributed by atoms with Crippen LogP contribution in [0.5, 0.6) is 5.75 Å². The minimum atomic E-state index is -0.421. The molecule has 0 saturated carbocycles. The number of carbonyl (C=O) groups is 2. The first-order valence-corrected chi connectivity index (χ1v) is 8.44. The smallest absolute Gasteiger partial charge is 0.277 e. The summed E-state index contributed by atoms with van der Waals surface area (Å²) in [5, 5.41) is 7.38. The summed E-state index contributed by atoms with van der Waals surface area (Å²) >= 11 is 11.8. The molecule has 0 aliphatic rings. The van der Waals surface area contributed by atoms with E-state index in [1.165, 1.54) is 0 Å². The molecule has 0 bridgehead atoms. The van der Waals surface area contributed by atoms with Crippen molar-refractivity contribution in [3.8, 4) is 5.75 Å². The number of benzene rings is 2. The Hall–Kier alpha value is -2.57. The molecule has 8 heteroatoms. The molecular weight excluding hydrogens is 377 g/mol. The Labute approximate surface area is 161 Å². The standard InChI is InChI=1S/C18H17Cl2N3O3/c1-12(7-17(24)21-15-9-13(19)8-14(20)10-15)22-23-18(25)11-26-16-5-3-2-4-6-16/h2-6,8-10H,7,11H2,1H3,(H,21,24)(H,23,25)/b22-12+. The van der Waals surface area contributed by atoms with Crippen LogP contribution in [-0.2, 0) is 9.59 Å². The van der Waals surface area contributed by atoms with Crippen molar-refractivity contribution in [1.29, 1.82) is 0 Å². The lowest BCUT2D eigenvalue weighted by Gasteiger charge is -2.07. The summed E-state index contributed by atoms with van der Waals surface area (Å²) in [6.07, 6.45) is 0.00392. The molecule has 0 unspecified atom stereocenters. The van der Waals surface area contributed by atoms with Gasteiger partial charge < -0.3 is 10.1 Å². The van der Waals surface area contributed by atoms with E-state index in [1.807, 2.05) is 6.07 Å². The lowest BCUT2D eigenvalue weighted by atomic mass is 10.2. The average molecular weight is 394 g/mol. The zero-order valence-corrected chi connectivity index (χ0v) is 15.5. The van der Waals surface area contributed by atoms with Gasteiger partial charge in [0.2, 0.25) is 5.91 Å². The number of halogens is 2. The quantitative estimate of drug-likeness (QED) is 0.552. The van der Waals surface area contributed by atoms with Crippen LogP contribution in [0.1, 0.15) is 13.3 Å². The number of ether oxygens (including phenoxy) is 1. The highest BCUT2D eigenvalue weighted by atomic mass is 35.5. The lowest BCUT2D eigenvalue weighted by Crippen LogP contribution is -2.26. The second-order valence-corrected chi connectivity index (χ2v) is 6.24. The number of hydrazone groups is 1. The highest BCUT2D eigenvalue weighted by molar-refractivity contribution is 6.35. The molecule has 0 heterocycles. The third-order valence-electron chi connectivity index (χ3n) is 3.05. The van der Waals surface area contributed by atoms with E-state index in [0.717, 1.165) is 0 Å². The van der Waals surface area contributed by atoms with Gasteiger partial charge in [0.15, 0.2) is 6.61 Å². The second-order valence-electron chi connectivity index (χ2n) is 5.37. The van der Waals surface area contributed by atoms with Gasteiger partial charge in [0.05, 0.1) is 6.42 Å². The molecule has 0 atom stereocenters. The van der Waals surface area contributed by atoms with Crippen LogP contribution < -0.4 is 15.5 Å². The number of amides is 2. The fourth-order valence-electron chi connectivity index (χ4n) is 1.96. The highest BCUT2D eigenvalue weighted by Gasteiger charge is 2.07. The SMILES string of the molecule is C/C(CC(=O)Nc1cc(Cl)cc(Cl)c1)=N\NC(=O)COc1ccccc1. The third kappa shape index (κ3) is 7.13. The number of nitrogens with zero attached hydrogens (tertiary/aromatic N) is 1. The topological polar surface area (TPSA) is 79.8 Å². The van der Waals surface area contributed by atoms with E-state index in [1.54, 1.807) is 49.4 Å². The van der Waals surface area contributed by atoms with E-state index in [9.17, 15) is 9.59 Å². The normalized spacial score (nSPS) is 11.0. The van der Waals surface area contributed by atoms with Crippen molar-refractivity contribution in [2.24, 2.45) is 5.10 Å². The molecule has 2 rings (SSSR count). The van der Waals surface area contributed by atoms with E-state index in [0.29, 0.717) is 27.2 Å². The number of para-hydroxylation sites is 1. The molecule has 0 aliphatic heterocycles. The van der Waals surface area contributed by atoms with E-state index < -0.39 is 5.91 Å². The summed E-state index contributed by atoms with van der Waals surface area (Å²) in [6, 6.07) is 13.7. The van der Waals surface area contributed by atoms with Gasteiger partial charge in [0, 0.05) is 21.4 Å². The monoisotopic (exact) mass is 393 g/mol. The summed E-state index contributed by atoms with van der Waals surface area (Å²) in [5.74, 6) is -0.141. The van der Waals surface area contributed by atoms with E-state index >= 15 is 0 Å². The molecule has 2 N–H and O–H groups in total. The Kier molecular flexibility index (Phi) is 7.44. The fourth-order valence-corrected chi connectivity index (χ4v) is 2.48. The maximum Gasteiger partial charge on any atom is 0.277 e. The molecule has 136 valence electrons. The van der Waals surface area contributed by atoms with Crippen LogP contribution >= 0.6 is 23.2 Å². The van der Waals surface area contributed by atoms with Gasteiger partial charge >= 0.3 is 0 Å². The zero-order chi connectivity index (χ0) is 18.9. The largest absolute Gasteiger partial charge is 0.484 e. The predicted molar refractivity (Wildman–Crippen MR) is 103 cm³/mol. The van der Waals surface area contributed by atoms with Gasteiger partial charge in [-0.05, 0) is 37.3 Å². The lowest BCUT2D eigenvalue weighted by molar-refractivity contribution is -0.123. The maximum atomic E-state index is 12.0. The van der Waals surface area contributed by atoms with Crippen LogP contribution in [0.3, 0.4) is 0 Å². The summed E-state index contributed by atoms with van der Waals surface area (Å²) in [5.41, 5.74) is 3.26. The molecule has 0 aliphatic carbocycles. The fraction of sp³-hybridized carbons (Fsp3) is 0.167. The van der Waals surface area contributed by atoms with Crippen LogP contribution in [-0.4, -0.2) is 24.1 Å². The summed E-state index contributed by atoms with van der Waals surface area (Å²) in [4.78, 5) is 23.7. The van der Waals surface area contributed by atoms with Crippen molar-refractivity contribution in [2.75, 3.05) is 11.9 Å². The first kappa shape index (κ1) is 19.8. The zero-order valence-electron chi connectivity index (χ0n) is 14.0. The van der Waals surface area contributed by atoms with Crippen molar-refractivity contribution in [2.45, 2.75) is 13.3 Å². The van der Waals surface area contributed by atoms with E-state index in [4.69, 9.17) is 27.9 Å². The second kappa shape index (κ2) is 9.79. The Morgan fingerprint density at radius 3 is 2.35 bits per heavy atom. The van der Waals surface area contributed by atoms with Crippen LogP contribution in [0.4, 0.5) is 5.69 Å². The first-order chi connectivity index (χ1) is 12.4. The predicted octanol–water partition coefficient (Wildman–Crippen LogP) is 3.89. The average Bonchev–Trinajstić information content (AvgIpc) is 2.58. The molecule has 0 saturated heterocycles. The van der Waals surface area contributed by atoms with Crippen molar-refractivity contribution in [1.82, 2.24) is 5.43 Å². The number of hydrogen-bond acceptors (Lipinski definition) is 4. The highest BCUT2D eigenvalue weighted by Crippen LogP contribution is 2.22. The number of nitrogens with one attached hydrogen (secondary N) is 2. The van der Waals surface area contributed by atoms with Gasteiger partial charge in [-0.15, -0.1) is 0 Å². The molecule has 0 radical (unpaired) electrons. The molecule has 26 heavy (non-hydrogen) atoms. The number of rotatable bonds is 7. The van der Waals surface area contributed by atoms with Gasteiger partial charge in [-0.25, -0.2) is 5.43 Å². The minimum Gasteiger partial charge on any atom is -0.484 e. The maximum absolute atomic E-state index is 12.0. The van der Waals surface area contributed by atoms with Crippen LogP contribution in [0.25, 0.3) is 0 Å². The van der Waals surface area contributed by atoms with Crippen molar-refractivity contribution in [3.63, 3.8) is 0 Å². The van der Waals surface area contributed by atoms with E-state index in [2.05, 4.69) is 15.8 Å². The van der Waals surface area contributed by atoms with Gasteiger partial charge in [0.25, 0.3) is 5.91 Å². The van der Waals surface area contributed by atoms with Gasteiger partial charge in [-0.1, -0.05) is 41.4 Å². The Balaban J connectivity index is 1.77. The van der Waals surface area contributed by atoms with Crippen LogP contribution in [0.15, 0.2) is 53.6 Å². The Morgan fingerprint density at radius 2 is 1.69 bits per heavy atom. The molecule has 2 aromatic carbocycles. The first-order valence-electron chi connectivity index (χ1n) is 7.68. The molecular formula is C18H17Cl2N3O3. The summed E-state index contributed by atoms with van der Waals surface area (Å²) in [6.45, 7) is 1.46. The van der Waals surface area contributed by atoms with Crippen molar-refractivity contribution >= 4 is 46.4 Å². The molecule has 6 nitrogen and oxygen atoms in total. The number of anilines is 1. The Morgan fingerprint density at radius 1 is 1.04 bits per heavy atom. The van der Waals surface area contributed by atoms with Crippen molar-refractivity contribution < 1.29 is 14.3 Å². The summed E-state index contributed by atoms with van der Waals surface area (Å²) in [7, 11) is 0. The minimum absolute atomic E-state index is 0.00392. The van der Waals surface area contributed by atoms with Crippen LogP contribution in [0.2, 0.25) is 10.0 Å². The Bertz CT molecular complexity index is 790. The third-order valence-corrected chi connectivity index (χ3v) is 3.48. The number of carbonyl (C=O) groups excluding carboxylic acids is 2. The van der Waals surface area contributed by atoms with Gasteiger partial charge in [-0.2, -0.15) is 5.10 Å². The molecule has 2 amide bonds. The number of hydrogen-bond donors (Lipinski definition) is 2. The van der Waals surface area contributed by atoms with Gasteiger partial charge in [-0.3, -0.25) is 9.59 Å². The molecule has 0 aromatic heterocycles. The van der Waals surface area contributed by atoms with Crippen LogP contribution in [0, 0.1) is 0 Å². The molecule has 2 aromatic rings. The molecule has 0 fully saturated rings.